The summed E-state index contributed by atoms with van der Waals surface area (Å²) in [6.45, 7) is 5.02. The smallest absolute Gasteiger partial charge is 0.414 e. The number of β-amino-alcohol motifs (C(OH)–C–C–N with tert-alkyl or cyclic N) is 1. The molecule has 3 rings (SSSR count). The van der Waals surface area contributed by atoms with Crippen LogP contribution < -0.4 is 15.1 Å². The molecule has 0 spiro atoms. The number of anilines is 2. The highest BCUT2D eigenvalue weighted by Gasteiger charge is 2.33. The van der Waals surface area contributed by atoms with Gasteiger partial charge in [-0.2, -0.15) is 5.10 Å². The number of halogens is 1. The summed E-state index contributed by atoms with van der Waals surface area (Å²) in [6.07, 6.45) is -0.0177. The average molecular weight is 393 g/mol. The summed E-state index contributed by atoms with van der Waals surface area (Å²) in [4.78, 5) is 26.1. The molecule has 0 aromatic heterocycles. The number of amides is 2. The minimum absolute atomic E-state index is 0.208. The van der Waals surface area contributed by atoms with E-state index < -0.39 is 24.1 Å². The summed E-state index contributed by atoms with van der Waals surface area (Å²) in [7, 11) is 0. The normalized spacial score (nSPS) is 20.4. The lowest BCUT2D eigenvalue weighted by Gasteiger charge is -2.31. The lowest BCUT2D eigenvalue weighted by atomic mass is 10.2. The Labute approximate surface area is 162 Å². The Bertz CT molecular complexity index is 772. The summed E-state index contributed by atoms with van der Waals surface area (Å²) >= 11 is 0. The van der Waals surface area contributed by atoms with Gasteiger partial charge >= 0.3 is 6.09 Å². The van der Waals surface area contributed by atoms with Crippen LogP contribution in [0.5, 0.6) is 0 Å². The van der Waals surface area contributed by atoms with Crippen molar-refractivity contribution in [3.8, 4) is 0 Å². The van der Waals surface area contributed by atoms with E-state index in [-0.39, 0.29) is 19.0 Å². The van der Waals surface area contributed by atoms with Crippen molar-refractivity contribution in [1.29, 1.82) is 0 Å². The summed E-state index contributed by atoms with van der Waals surface area (Å²) in [5.41, 5.74) is 0.743. The third-order valence-electron chi connectivity index (χ3n) is 4.43. The molecule has 1 aromatic carbocycles. The fraction of sp³-hybridized carbons (Fsp3) is 0.500. The maximum atomic E-state index is 14.7. The molecule has 2 amide bonds. The second-order valence-electron chi connectivity index (χ2n) is 6.88. The third kappa shape index (κ3) is 4.69. The summed E-state index contributed by atoms with van der Waals surface area (Å²) in [5.74, 6) is -0.689. The van der Waals surface area contributed by atoms with Gasteiger partial charge in [0.2, 0.25) is 5.91 Å². The molecule has 2 heterocycles. The number of hydrazone groups is 1. The molecule has 1 fully saturated rings. The quantitative estimate of drug-likeness (QED) is 0.740. The minimum atomic E-state index is -0.573. The Morgan fingerprint density at radius 1 is 1.46 bits per heavy atom. The van der Waals surface area contributed by atoms with Gasteiger partial charge in [0.15, 0.2) is 0 Å². The van der Waals surface area contributed by atoms with Crippen LogP contribution in [0.2, 0.25) is 0 Å². The van der Waals surface area contributed by atoms with Crippen molar-refractivity contribution in [1.82, 2.24) is 10.3 Å². The maximum absolute atomic E-state index is 14.7. The van der Waals surface area contributed by atoms with E-state index in [1.54, 1.807) is 29.0 Å². The SMILES string of the molecule is CC(=O)NC[C@H]1CN(c2ccc(N3C=NN(CC(C)O)CC3)c(F)c2)C(=O)O1. The molecule has 9 nitrogen and oxygen atoms in total. The molecule has 10 heteroatoms. The van der Waals surface area contributed by atoms with Crippen molar-refractivity contribution in [3.63, 3.8) is 0 Å². The molecule has 2 aliphatic heterocycles. The van der Waals surface area contributed by atoms with E-state index >= 15 is 0 Å². The van der Waals surface area contributed by atoms with Crippen LogP contribution in [0.3, 0.4) is 0 Å². The molecule has 152 valence electrons. The Morgan fingerprint density at radius 2 is 2.25 bits per heavy atom. The van der Waals surface area contributed by atoms with Crippen LogP contribution >= 0.6 is 0 Å². The molecule has 2 N–H and O–H groups in total. The van der Waals surface area contributed by atoms with Gasteiger partial charge in [0, 0.05) is 13.5 Å². The van der Waals surface area contributed by atoms with Crippen molar-refractivity contribution < 1.29 is 23.8 Å². The lowest BCUT2D eigenvalue weighted by Crippen LogP contribution is -2.40. The van der Waals surface area contributed by atoms with E-state index in [9.17, 15) is 19.1 Å². The van der Waals surface area contributed by atoms with Crippen LogP contribution in [0.25, 0.3) is 0 Å². The molecule has 1 aromatic rings. The van der Waals surface area contributed by atoms with E-state index in [1.165, 1.54) is 24.2 Å². The molecule has 1 saturated heterocycles. The van der Waals surface area contributed by atoms with Crippen molar-refractivity contribution in [2.24, 2.45) is 5.10 Å². The van der Waals surface area contributed by atoms with Crippen LogP contribution in [0.15, 0.2) is 23.3 Å². The van der Waals surface area contributed by atoms with Gasteiger partial charge in [0.25, 0.3) is 0 Å². The van der Waals surface area contributed by atoms with E-state index in [1.807, 2.05) is 0 Å². The number of cyclic esters (lactones) is 1. The zero-order valence-corrected chi connectivity index (χ0v) is 15.8. The number of hydrogen-bond acceptors (Lipinski definition) is 7. The molecular formula is C18H24FN5O4. The number of hydrogen-bond donors (Lipinski definition) is 2. The molecule has 0 aliphatic carbocycles. The van der Waals surface area contributed by atoms with E-state index in [0.29, 0.717) is 31.0 Å². The predicted molar refractivity (Wildman–Crippen MR) is 102 cm³/mol. The minimum Gasteiger partial charge on any atom is -0.442 e. The Balaban J connectivity index is 1.66. The molecular weight excluding hydrogens is 369 g/mol. The lowest BCUT2D eigenvalue weighted by molar-refractivity contribution is -0.119. The molecule has 2 aliphatic rings. The van der Waals surface area contributed by atoms with Gasteiger partial charge in [-0.25, -0.2) is 9.18 Å². The van der Waals surface area contributed by atoms with Crippen molar-refractivity contribution >= 4 is 29.7 Å². The molecule has 1 unspecified atom stereocenters. The van der Waals surface area contributed by atoms with E-state index in [2.05, 4.69) is 10.4 Å². The first kappa shape index (κ1) is 19.9. The number of ether oxygens (including phenoxy) is 1. The van der Waals surface area contributed by atoms with Gasteiger partial charge in [0.1, 0.15) is 18.3 Å². The predicted octanol–water partition coefficient (Wildman–Crippen LogP) is 0.733. The van der Waals surface area contributed by atoms with E-state index in [4.69, 9.17) is 4.74 Å². The summed E-state index contributed by atoms with van der Waals surface area (Å²) < 4.78 is 19.9. The average Bonchev–Trinajstić information content (AvgIpc) is 3.01. The largest absolute Gasteiger partial charge is 0.442 e. The highest BCUT2D eigenvalue weighted by atomic mass is 19.1. The fourth-order valence-corrected chi connectivity index (χ4v) is 3.09. The van der Waals surface area contributed by atoms with Gasteiger partial charge in [-0.15, -0.1) is 0 Å². The van der Waals surface area contributed by atoms with Crippen molar-refractivity contribution in [2.75, 3.05) is 42.5 Å². The number of carbonyl (C=O) groups excluding carboxylic acids is 2. The van der Waals surface area contributed by atoms with Crippen LogP contribution in [0, 0.1) is 5.82 Å². The molecule has 0 bridgehead atoms. The van der Waals surface area contributed by atoms with Crippen LogP contribution in [0.1, 0.15) is 13.8 Å². The van der Waals surface area contributed by atoms with Crippen LogP contribution in [-0.4, -0.2) is 73.4 Å². The van der Waals surface area contributed by atoms with Gasteiger partial charge in [-0.3, -0.25) is 14.7 Å². The Morgan fingerprint density at radius 3 is 2.86 bits per heavy atom. The molecule has 2 atom stereocenters. The fourth-order valence-electron chi connectivity index (χ4n) is 3.09. The number of aliphatic hydroxyl groups is 1. The third-order valence-corrected chi connectivity index (χ3v) is 4.43. The van der Waals surface area contributed by atoms with Crippen LogP contribution in [0.4, 0.5) is 20.6 Å². The second-order valence-corrected chi connectivity index (χ2v) is 6.88. The van der Waals surface area contributed by atoms with Gasteiger partial charge < -0.3 is 20.1 Å². The molecule has 0 saturated carbocycles. The highest BCUT2D eigenvalue weighted by molar-refractivity contribution is 5.90. The molecule has 0 radical (unpaired) electrons. The number of rotatable bonds is 6. The first-order valence-corrected chi connectivity index (χ1v) is 9.09. The standard InChI is InChI=1S/C18H24FN5O4/c1-12(25)9-23-6-5-22(11-21-23)17-4-3-14(7-16(17)19)24-10-15(28-18(24)27)8-20-13(2)26/h3-4,7,11-12,15,25H,5-6,8-10H2,1-2H3,(H,20,26)/t12?,15-/m0/s1. The highest BCUT2D eigenvalue weighted by Crippen LogP contribution is 2.28. The monoisotopic (exact) mass is 393 g/mol. The first-order valence-electron chi connectivity index (χ1n) is 9.09. The zero-order chi connectivity index (χ0) is 20.3. The van der Waals surface area contributed by atoms with Gasteiger partial charge in [-0.05, 0) is 25.1 Å². The topological polar surface area (TPSA) is 97.7 Å². The second kappa shape index (κ2) is 8.42. The maximum Gasteiger partial charge on any atom is 0.414 e. The van der Waals surface area contributed by atoms with Crippen LogP contribution in [-0.2, 0) is 9.53 Å². The van der Waals surface area contributed by atoms with Crippen molar-refractivity contribution in [2.45, 2.75) is 26.1 Å². The summed E-state index contributed by atoms with van der Waals surface area (Å²) in [6, 6.07) is 4.53. The number of benzene rings is 1. The zero-order valence-electron chi connectivity index (χ0n) is 15.8. The number of nitrogens with one attached hydrogen (secondary N) is 1. The number of aliphatic hydroxyl groups excluding tert-OH is 1. The van der Waals surface area contributed by atoms with E-state index in [0.717, 1.165) is 0 Å². The Hall–Kier alpha value is -2.88. The Kier molecular flexibility index (Phi) is 5.98. The van der Waals surface area contributed by atoms with Gasteiger partial charge in [0.05, 0.1) is 43.7 Å². The first-order chi connectivity index (χ1) is 13.3. The molecule has 28 heavy (non-hydrogen) atoms. The van der Waals surface area contributed by atoms with Crippen molar-refractivity contribution in [3.05, 3.63) is 24.0 Å². The summed E-state index contributed by atoms with van der Waals surface area (Å²) in [5, 5.41) is 18.0. The van der Waals surface area contributed by atoms with Gasteiger partial charge in [-0.1, -0.05) is 0 Å². The number of carbonyl (C=O) groups is 2. The number of nitrogens with zero attached hydrogens (tertiary/aromatic N) is 4.